The van der Waals surface area contributed by atoms with Gasteiger partial charge < -0.3 is 14.8 Å². The molecule has 0 amide bonds. The van der Waals surface area contributed by atoms with Crippen molar-refractivity contribution in [3.05, 3.63) is 22.2 Å². The molecule has 0 unspecified atom stereocenters. The number of rotatable bonds is 9. The van der Waals surface area contributed by atoms with Crippen LogP contribution >= 0.6 is 39.0 Å². The fourth-order valence-electron chi connectivity index (χ4n) is 1.86. The fraction of sp³-hybridized carbons (Fsp3) is 0.467. The summed E-state index contributed by atoms with van der Waals surface area (Å²) in [4.78, 5) is 0. The maximum absolute atomic E-state index is 5.35. The number of benzene rings is 1. The number of ether oxygens (including phenoxy) is 2. The van der Waals surface area contributed by atoms with Crippen molar-refractivity contribution in [2.75, 3.05) is 26.1 Å². The van der Waals surface area contributed by atoms with E-state index >= 15 is 0 Å². The van der Waals surface area contributed by atoms with Gasteiger partial charge >= 0.3 is 0 Å². The molecule has 5 nitrogen and oxygen atoms in total. The highest BCUT2D eigenvalue weighted by Crippen LogP contribution is 2.37. The van der Waals surface area contributed by atoms with E-state index in [0.29, 0.717) is 5.75 Å². The Morgan fingerprint density at radius 1 is 1.22 bits per heavy atom. The summed E-state index contributed by atoms with van der Waals surface area (Å²) in [6.07, 6.45) is 2.31. The molecule has 1 N–H and O–H groups in total. The molecule has 0 atom stereocenters. The lowest BCUT2D eigenvalue weighted by atomic mass is 10.2. The third-order valence-electron chi connectivity index (χ3n) is 3.12. The standard InChI is InChI=1S/C15H20BrN3O2S2/c1-4-5-6-17-14-18-19-15(23-14)22-9-10-7-12(20-2)13(21-3)8-11(10)16/h7-8H,4-6,9H2,1-3H3,(H,17,18). The first-order valence-corrected chi connectivity index (χ1v) is 9.88. The zero-order chi connectivity index (χ0) is 16.7. The molecule has 0 radical (unpaired) electrons. The van der Waals surface area contributed by atoms with Gasteiger partial charge in [-0.1, -0.05) is 52.4 Å². The lowest BCUT2D eigenvalue weighted by Crippen LogP contribution is -1.99. The number of nitrogens with zero attached hydrogens (tertiary/aromatic N) is 2. The van der Waals surface area contributed by atoms with Gasteiger partial charge in [0, 0.05) is 16.8 Å². The van der Waals surface area contributed by atoms with E-state index in [1.54, 1.807) is 37.3 Å². The van der Waals surface area contributed by atoms with Crippen LogP contribution in [0.5, 0.6) is 11.5 Å². The Hall–Kier alpha value is -0.990. The Kier molecular flexibility index (Phi) is 7.45. The molecule has 126 valence electrons. The Bertz CT molecular complexity index is 637. The molecule has 0 aliphatic heterocycles. The van der Waals surface area contributed by atoms with E-state index in [-0.39, 0.29) is 0 Å². The van der Waals surface area contributed by atoms with Gasteiger partial charge in [-0.25, -0.2) is 0 Å². The maximum Gasteiger partial charge on any atom is 0.206 e. The minimum Gasteiger partial charge on any atom is -0.493 e. The monoisotopic (exact) mass is 417 g/mol. The molecular weight excluding hydrogens is 398 g/mol. The van der Waals surface area contributed by atoms with E-state index in [4.69, 9.17) is 9.47 Å². The van der Waals surface area contributed by atoms with Crippen molar-refractivity contribution in [1.29, 1.82) is 0 Å². The van der Waals surface area contributed by atoms with Crippen molar-refractivity contribution in [2.45, 2.75) is 29.9 Å². The van der Waals surface area contributed by atoms with Gasteiger partial charge in [-0.3, -0.25) is 0 Å². The quantitative estimate of drug-likeness (QED) is 0.465. The van der Waals surface area contributed by atoms with E-state index in [2.05, 4.69) is 38.4 Å². The highest BCUT2D eigenvalue weighted by molar-refractivity contribution is 9.10. The zero-order valence-electron chi connectivity index (χ0n) is 13.4. The first-order chi connectivity index (χ1) is 11.2. The van der Waals surface area contributed by atoms with Gasteiger partial charge in [0.25, 0.3) is 0 Å². The van der Waals surface area contributed by atoms with Crippen LogP contribution in [0, 0.1) is 0 Å². The van der Waals surface area contributed by atoms with Crippen LogP contribution in [0.15, 0.2) is 20.9 Å². The molecule has 0 saturated carbocycles. The van der Waals surface area contributed by atoms with Crippen LogP contribution in [0.25, 0.3) is 0 Å². The molecule has 0 fully saturated rings. The summed E-state index contributed by atoms with van der Waals surface area (Å²) in [7, 11) is 3.27. The summed E-state index contributed by atoms with van der Waals surface area (Å²) in [5, 5.41) is 12.6. The molecule has 0 spiro atoms. The molecule has 1 aromatic carbocycles. The number of aromatic nitrogens is 2. The SMILES string of the molecule is CCCCNc1nnc(SCc2cc(OC)c(OC)cc2Br)s1. The van der Waals surface area contributed by atoms with Gasteiger partial charge in [-0.05, 0) is 24.1 Å². The molecule has 2 rings (SSSR count). The molecule has 0 bridgehead atoms. The summed E-state index contributed by atoms with van der Waals surface area (Å²) in [6.45, 7) is 3.11. The van der Waals surface area contributed by atoms with E-state index in [0.717, 1.165) is 44.0 Å². The van der Waals surface area contributed by atoms with Crippen molar-refractivity contribution in [3.63, 3.8) is 0 Å². The fourth-order valence-corrected chi connectivity index (χ4v) is 4.27. The van der Waals surface area contributed by atoms with Crippen molar-refractivity contribution in [3.8, 4) is 11.5 Å². The molecule has 1 aromatic heterocycles. The van der Waals surface area contributed by atoms with Crippen molar-refractivity contribution in [2.24, 2.45) is 0 Å². The van der Waals surface area contributed by atoms with Gasteiger partial charge in [-0.2, -0.15) is 0 Å². The highest BCUT2D eigenvalue weighted by atomic mass is 79.9. The Labute approximate surface area is 153 Å². The zero-order valence-corrected chi connectivity index (χ0v) is 16.6. The number of anilines is 1. The van der Waals surface area contributed by atoms with Crippen LogP contribution in [-0.4, -0.2) is 31.0 Å². The second-order valence-corrected chi connectivity index (χ2v) is 7.80. The molecule has 1 heterocycles. The first-order valence-electron chi connectivity index (χ1n) is 7.28. The topological polar surface area (TPSA) is 56.3 Å². The number of nitrogens with one attached hydrogen (secondary N) is 1. The number of thioether (sulfide) groups is 1. The van der Waals surface area contributed by atoms with Crippen LogP contribution in [0.3, 0.4) is 0 Å². The third-order valence-corrected chi connectivity index (χ3v) is 5.92. The molecule has 0 saturated heterocycles. The van der Waals surface area contributed by atoms with E-state index in [1.165, 1.54) is 6.42 Å². The maximum atomic E-state index is 5.35. The van der Waals surface area contributed by atoms with Crippen molar-refractivity contribution < 1.29 is 9.47 Å². The van der Waals surface area contributed by atoms with Crippen molar-refractivity contribution in [1.82, 2.24) is 10.2 Å². The average molecular weight is 418 g/mol. The molecular formula is C15H20BrN3O2S2. The van der Waals surface area contributed by atoms with Crippen LogP contribution in [-0.2, 0) is 5.75 Å². The first kappa shape index (κ1) is 18.4. The normalized spacial score (nSPS) is 10.6. The van der Waals surface area contributed by atoms with Gasteiger partial charge in [0.05, 0.1) is 14.2 Å². The summed E-state index contributed by atoms with van der Waals surface area (Å²) in [5.41, 5.74) is 1.13. The predicted molar refractivity (Wildman–Crippen MR) is 100 cm³/mol. The number of hydrogen-bond donors (Lipinski definition) is 1. The summed E-state index contributed by atoms with van der Waals surface area (Å²) < 4.78 is 12.6. The lowest BCUT2D eigenvalue weighted by Gasteiger charge is -2.11. The van der Waals surface area contributed by atoms with Crippen LogP contribution in [0.4, 0.5) is 5.13 Å². The van der Waals surface area contributed by atoms with Crippen molar-refractivity contribution >= 4 is 44.2 Å². The molecule has 0 aliphatic carbocycles. The van der Waals surface area contributed by atoms with Crippen LogP contribution in [0.2, 0.25) is 0 Å². The molecule has 2 aromatic rings. The molecule has 8 heteroatoms. The smallest absolute Gasteiger partial charge is 0.206 e. The Morgan fingerprint density at radius 2 is 1.96 bits per heavy atom. The van der Waals surface area contributed by atoms with Gasteiger partial charge in [0.1, 0.15) is 0 Å². The Morgan fingerprint density at radius 3 is 2.65 bits per heavy atom. The predicted octanol–water partition coefficient (Wildman–Crippen LogP) is 4.82. The summed E-state index contributed by atoms with van der Waals surface area (Å²) in [5.74, 6) is 2.22. The second kappa shape index (κ2) is 9.34. The third kappa shape index (κ3) is 5.26. The Balaban J connectivity index is 1.98. The van der Waals surface area contributed by atoms with Gasteiger partial charge in [0.2, 0.25) is 5.13 Å². The number of unbranched alkanes of at least 4 members (excludes halogenated alkanes) is 1. The van der Waals surface area contributed by atoms with Crippen LogP contribution < -0.4 is 14.8 Å². The van der Waals surface area contributed by atoms with E-state index < -0.39 is 0 Å². The van der Waals surface area contributed by atoms with E-state index in [1.807, 2.05) is 12.1 Å². The minimum atomic E-state index is 0.714. The number of methoxy groups -OCH3 is 2. The highest BCUT2D eigenvalue weighted by Gasteiger charge is 2.11. The summed E-state index contributed by atoms with van der Waals surface area (Å²) >= 11 is 6.82. The van der Waals surface area contributed by atoms with Gasteiger partial charge in [-0.15, -0.1) is 10.2 Å². The lowest BCUT2D eigenvalue weighted by molar-refractivity contribution is 0.354. The average Bonchev–Trinajstić information content (AvgIpc) is 3.01. The molecule has 0 aliphatic rings. The largest absolute Gasteiger partial charge is 0.493 e. The van der Waals surface area contributed by atoms with E-state index in [9.17, 15) is 0 Å². The number of halogens is 1. The molecule has 23 heavy (non-hydrogen) atoms. The van der Waals surface area contributed by atoms with Crippen LogP contribution in [0.1, 0.15) is 25.3 Å². The minimum absolute atomic E-state index is 0.714. The number of hydrogen-bond acceptors (Lipinski definition) is 7. The van der Waals surface area contributed by atoms with Gasteiger partial charge in [0.15, 0.2) is 15.8 Å². The second-order valence-electron chi connectivity index (χ2n) is 4.74. The summed E-state index contributed by atoms with van der Waals surface area (Å²) in [6, 6.07) is 3.91.